The number of non-ortho nitro benzene ring substituents is 2. The molecular weight excluding hydrogens is 324 g/mol. The largest absolute Gasteiger partial charge is 0.466 e. The number of hydrogen-bond acceptors (Lipinski definition) is 8. The summed E-state index contributed by atoms with van der Waals surface area (Å²) in [6.07, 6.45) is 0.286. The third-order valence-corrected chi connectivity index (χ3v) is 2.85. The first-order chi connectivity index (χ1) is 11.3. The van der Waals surface area contributed by atoms with Crippen LogP contribution in [-0.2, 0) is 25.7 Å². The lowest BCUT2D eigenvalue weighted by molar-refractivity contribution is -0.394. The molecule has 0 aliphatic rings. The highest BCUT2D eigenvalue weighted by Gasteiger charge is 2.17. The number of carbonyl (C=O) groups is 2. The van der Waals surface area contributed by atoms with Crippen molar-refractivity contribution in [2.24, 2.45) is 0 Å². The summed E-state index contributed by atoms with van der Waals surface area (Å²) in [5.41, 5.74) is -0.787. The molecule has 0 saturated heterocycles. The fourth-order valence-corrected chi connectivity index (χ4v) is 1.80. The molecule has 10 heteroatoms. The second kappa shape index (κ2) is 9.18. The number of carbonyl (C=O) groups excluding carboxylic acids is 2. The lowest BCUT2D eigenvalue weighted by Gasteiger charge is -2.05. The van der Waals surface area contributed by atoms with E-state index in [1.165, 1.54) is 0 Å². The van der Waals surface area contributed by atoms with Crippen molar-refractivity contribution < 1.29 is 28.9 Å². The van der Waals surface area contributed by atoms with E-state index in [1.807, 2.05) is 0 Å². The molecular formula is C14H16N2O8. The van der Waals surface area contributed by atoms with Gasteiger partial charge in [-0.1, -0.05) is 0 Å². The van der Waals surface area contributed by atoms with Gasteiger partial charge in [0.05, 0.1) is 22.5 Å². The average molecular weight is 340 g/mol. The number of nitro groups is 2. The number of benzene rings is 1. The van der Waals surface area contributed by atoms with Crippen LogP contribution in [0.5, 0.6) is 0 Å². The predicted octanol–water partition coefficient (Wildman–Crippen LogP) is 2.28. The van der Waals surface area contributed by atoms with Gasteiger partial charge in [-0.3, -0.25) is 29.8 Å². The number of rotatable bonds is 9. The molecule has 0 aliphatic heterocycles. The molecule has 0 atom stereocenters. The first-order valence-electron chi connectivity index (χ1n) is 7.07. The Morgan fingerprint density at radius 2 is 1.46 bits per heavy atom. The third-order valence-electron chi connectivity index (χ3n) is 2.85. The summed E-state index contributed by atoms with van der Waals surface area (Å²) < 4.78 is 9.61. The van der Waals surface area contributed by atoms with Gasteiger partial charge < -0.3 is 9.47 Å². The Labute approximate surface area is 136 Å². The Hall–Kier alpha value is -3.04. The minimum atomic E-state index is -0.766. The second-order valence-electron chi connectivity index (χ2n) is 4.69. The van der Waals surface area contributed by atoms with Crippen molar-refractivity contribution >= 4 is 23.3 Å². The fourth-order valence-electron chi connectivity index (χ4n) is 1.80. The van der Waals surface area contributed by atoms with Crippen LogP contribution in [0.2, 0.25) is 0 Å². The summed E-state index contributed by atoms with van der Waals surface area (Å²) >= 11 is 0. The first-order valence-corrected chi connectivity index (χ1v) is 7.07. The molecule has 0 aromatic heterocycles. The smallest absolute Gasteiger partial charge is 0.306 e. The standard InChI is InChI=1S/C14H16N2O8/c1-2-23-13(17)4-3-5-14(18)24-9-10-6-11(15(19)20)8-12(7-10)16(21)22/h6-8H,2-5,9H2,1H3. The minimum Gasteiger partial charge on any atom is -0.466 e. The molecule has 0 fully saturated rings. The van der Waals surface area contributed by atoms with Crippen molar-refractivity contribution in [1.29, 1.82) is 0 Å². The van der Waals surface area contributed by atoms with E-state index in [1.54, 1.807) is 6.92 Å². The second-order valence-corrected chi connectivity index (χ2v) is 4.69. The van der Waals surface area contributed by atoms with E-state index in [9.17, 15) is 29.8 Å². The van der Waals surface area contributed by atoms with Gasteiger partial charge in [-0.25, -0.2) is 0 Å². The van der Waals surface area contributed by atoms with E-state index in [0.717, 1.165) is 18.2 Å². The van der Waals surface area contributed by atoms with E-state index in [4.69, 9.17) is 9.47 Å². The van der Waals surface area contributed by atoms with Crippen LogP contribution in [0.25, 0.3) is 0 Å². The number of esters is 2. The molecule has 0 heterocycles. The predicted molar refractivity (Wildman–Crippen MR) is 80.0 cm³/mol. The topological polar surface area (TPSA) is 139 Å². The molecule has 0 spiro atoms. The molecule has 24 heavy (non-hydrogen) atoms. The number of nitrogens with zero attached hydrogens (tertiary/aromatic N) is 2. The summed E-state index contributed by atoms with van der Waals surface area (Å²) in [5.74, 6) is -1.03. The highest BCUT2D eigenvalue weighted by atomic mass is 16.6. The molecule has 0 radical (unpaired) electrons. The van der Waals surface area contributed by atoms with Crippen molar-refractivity contribution in [2.45, 2.75) is 32.8 Å². The van der Waals surface area contributed by atoms with Crippen molar-refractivity contribution in [3.05, 3.63) is 44.0 Å². The van der Waals surface area contributed by atoms with E-state index in [-0.39, 0.29) is 38.0 Å². The van der Waals surface area contributed by atoms with Crippen molar-refractivity contribution in [3.63, 3.8) is 0 Å². The van der Waals surface area contributed by atoms with Gasteiger partial charge in [-0.15, -0.1) is 0 Å². The Morgan fingerprint density at radius 1 is 0.958 bits per heavy atom. The van der Waals surface area contributed by atoms with Gasteiger partial charge in [0.1, 0.15) is 6.61 Å². The van der Waals surface area contributed by atoms with E-state index in [2.05, 4.69) is 0 Å². The van der Waals surface area contributed by atoms with Crippen LogP contribution in [0.4, 0.5) is 11.4 Å². The molecule has 1 rings (SSSR count). The fraction of sp³-hybridized carbons (Fsp3) is 0.429. The van der Waals surface area contributed by atoms with Gasteiger partial charge in [-0.05, 0) is 13.3 Å². The lowest BCUT2D eigenvalue weighted by Crippen LogP contribution is -2.08. The maximum atomic E-state index is 11.6. The van der Waals surface area contributed by atoms with Crippen LogP contribution >= 0.6 is 0 Å². The number of ether oxygens (including phenoxy) is 2. The Kier molecular flexibility index (Phi) is 7.27. The Morgan fingerprint density at radius 3 is 1.92 bits per heavy atom. The average Bonchev–Trinajstić information content (AvgIpc) is 2.52. The van der Waals surface area contributed by atoms with Gasteiger partial charge in [0, 0.05) is 30.5 Å². The van der Waals surface area contributed by atoms with E-state index >= 15 is 0 Å². The number of nitro benzene ring substituents is 2. The van der Waals surface area contributed by atoms with Gasteiger partial charge in [0.15, 0.2) is 0 Å². The molecule has 130 valence electrons. The van der Waals surface area contributed by atoms with Gasteiger partial charge in [-0.2, -0.15) is 0 Å². The monoisotopic (exact) mass is 340 g/mol. The molecule has 0 N–H and O–H groups in total. The summed E-state index contributed by atoms with van der Waals surface area (Å²) in [7, 11) is 0. The van der Waals surface area contributed by atoms with Crippen LogP contribution in [0.15, 0.2) is 18.2 Å². The van der Waals surface area contributed by atoms with Gasteiger partial charge in [0.2, 0.25) is 0 Å². The quantitative estimate of drug-likeness (QED) is 0.379. The van der Waals surface area contributed by atoms with Crippen LogP contribution in [0, 0.1) is 20.2 Å². The normalized spacial score (nSPS) is 10.0. The zero-order chi connectivity index (χ0) is 18.1. The number of hydrogen-bond donors (Lipinski definition) is 0. The molecule has 0 saturated carbocycles. The maximum absolute atomic E-state index is 11.6. The van der Waals surface area contributed by atoms with Crippen LogP contribution in [0.1, 0.15) is 31.7 Å². The first kappa shape index (κ1) is 19.0. The molecule has 0 bridgehead atoms. The summed E-state index contributed by atoms with van der Waals surface area (Å²) in [5, 5.41) is 21.5. The van der Waals surface area contributed by atoms with Crippen molar-refractivity contribution in [1.82, 2.24) is 0 Å². The molecule has 1 aromatic rings. The highest BCUT2D eigenvalue weighted by molar-refractivity contribution is 5.72. The molecule has 1 aromatic carbocycles. The Balaban J connectivity index is 2.57. The zero-order valence-electron chi connectivity index (χ0n) is 12.9. The van der Waals surface area contributed by atoms with Crippen LogP contribution < -0.4 is 0 Å². The summed E-state index contributed by atoms with van der Waals surface area (Å²) in [4.78, 5) is 42.6. The summed E-state index contributed by atoms with van der Waals surface area (Å²) in [6.45, 7) is 1.60. The van der Waals surface area contributed by atoms with Crippen molar-refractivity contribution in [3.8, 4) is 0 Å². The lowest BCUT2D eigenvalue weighted by atomic mass is 10.2. The minimum absolute atomic E-state index is 0.0319. The molecule has 0 amide bonds. The molecule has 0 unspecified atom stereocenters. The SMILES string of the molecule is CCOC(=O)CCCC(=O)OCc1cc([N+](=O)[O-])cc([N+](=O)[O-])c1. The molecule has 0 aliphatic carbocycles. The summed E-state index contributed by atoms with van der Waals surface area (Å²) in [6, 6.07) is 3.02. The third kappa shape index (κ3) is 6.38. The van der Waals surface area contributed by atoms with Crippen molar-refractivity contribution in [2.75, 3.05) is 6.61 Å². The highest BCUT2D eigenvalue weighted by Crippen LogP contribution is 2.23. The van der Waals surface area contributed by atoms with E-state index in [0.29, 0.717) is 0 Å². The van der Waals surface area contributed by atoms with E-state index < -0.39 is 33.2 Å². The van der Waals surface area contributed by atoms with Gasteiger partial charge >= 0.3 is 11.9 Å². The zero-order valence-corrected chi connectivity index (χ0v) is 12.9. The van der Waals surface area contributed by atoms with Gasteiger partial charge in [0.25, 0.3) is 11.4 Å². The Bertz CT molecular complexity index is 611. The van der Waals surface area contributed by atoms with Crippen LogP contribution in [0.3, 0.4) is 0 Å². The molecule has 10 nitrogen and oxygen atoms in total. The maximum Gasteiger partial charge on any atom is 0.306 e. The van der Waals surface area contributed by atoms with Crippen LogP contribution in [-0.4, -0.2) is 28.4 Å².